The Hall–Kier alpha value is -5.07. The number of carbonyl (C=O) groups excluding carboxylic acids is 3. The Bertz CT molecular complexity index is 1920. The Morgan fingerprint density at radius 3 is 2.27 bits per heavy atom. The fourth-order valence-corrected chi connectivity index (χ4v) is 7.21. The van der Waals surface area contributed by atoms with E-state index in [2.05, 4.69) is 10.3 Å². The van der Waals surface area contributed by atoms with Crippen molar-refractivity contribution in [1.29, 1.82) is 0 Å². The lowest BCUT2D eigenvalue weighted by Gasteiger charge is -2.39. The highest BCUT2D eigenvalue weighted by atomic mass is 35.5. The number of benzene rings is 3. The first-order chi connectivity index (χ1) is 26.4. The molecule has 13 heteroatoms. The van der Waals surface area contributed by atoms with Gasteiger partial charge in [-0.3, -0.25) is 14.4 Å². The lowest BCUT2D eigenvalue weighted by molar-refractivity contribution is -0.145. The van der Waals surface area contributed by atoms with Gasteiger partial charge in [0.15, 0.2) is 11.5 Å². The summed E-state index contributed by atoms with van der Waals surface area (Å²) < 4.78 is 11.3. The third-order valence-corrected chi connectivity index (χ3v) is 9.98. The molecule has 3 amide bonds. The Morgan fingerprint density at radius 1 is 0.945 bits per heavy atom. The third kappa shape index (κ3) is 10.8. The van der Waals surface area contributed by atoms with Gasteiger partial charge >= 0.3 is 5.97 Å². The number of aromatic amines is 1. The molecule has 4 N–H and O–H groups in total. The topological polar surface area (TPSA) is 161 Å². The summed E-state index contributed by atoms with van der Waals surface area (Å²) in [7, 11) is 1.52. The average molecular weight is 777 g/mol. The highest BCUT2D eigenvalue weighted by molar-refractivity contribution is 6.31. The van der Waals surface area contributed by atoms with Crippen molar-refractivity contribution < 1.29 is 38.9 Å². The van der Waals surface area contributed by atoms with E-state index in [1.54, 1.807) is 53.3 Å². The van der Waals surface area contributed by atoms with Crippen molar-refractivity contribution in [3.05, 3.63) is 94.6 Å². The van der Waals surface area contributed by atoms with Crippen LogP contribution in [0.1, 0.15) is 62.5 Å². The van der Waals surface area contributed by atoms with Crippen molar-refractivity contribution in [3.8, 4) is 11.5 Å². The number of ether oxygens (including phenoxy) is 2. The number of nitrogens with one attached hydrogen (secondary N) is 2. The molecule has 3 heterocycles. The zero-order valence-electron chi connectivity index (χ0n) is 32.4. The van der Waals surface area contributed by atoms with Gasteiger partial charge in [0.2, 0.25) is 11.8 Å². The van der Waals surface area contributed by atoms with Gasteiger partial charge in [-0.1, -0.05) is 68.8 Å². The predicted molar refractivity (Wildman–Crippen MR) is 212 cm³/mol. The molecule has 55 heavy (non-hydrogen) atoms. The van der Waals surface area contributed by atoms with Crippen molar-refractivity contribution in [2.75, 3.05) is 33.3 Å². The predicted octanol–water partition coefficient (Wildman–Crippen LogP) is 6.19. The number of H-pyrrole nitrogens is 1. The fraction of sp³-hybridized carbons (Fsp3) is 0.429. The van der Waals surface area contributed by atoms with Gasteiger partial charge in [0.25, 0.3) is 5.91 Å². The minimum atomic E-state index is -1.12. The van der Waals surface area contributed by atoms with Crippen LogP contribution < -0.4 is 14.8 Å². The van der Waals surface area contributed by atoms with E-state index in [-0.39, 0.29) is 55.7 Å². The molecule has 0 aliphatic carbocycles. The normalized spacial score (nSPS) is 17.9. The molecular formula is C42H53ClN4O8. The van der Waals surface area contributed by atoms with E-state index in [0.29, 0.717) is 41.7 Å². The van der Waals surface area contributed by atoms with Crippen molar-refractivity contribution >= 4 is 46.2 Å². The number of aliphatic carboxylic acids is 1. The highest BCUT2D eigenvalue weighted by Gasteiger charge is 2.48. The number of hydrogen-bond donors (Lipinski definition) is 4. The second kappa shape index (κ2) is 20.0. The van der Waals surface area contributed by atoms with Crippen molar-refractivity contribution in [3.63, 3.8) is 0 Å². The number of likely N-dealkylation sites (tertiary alicyclic amines) is 2. The quantitative estimate of drug-likeness (QED) is 0.140. The molecule has 0 radical (unpaired) electrons. The summed E-state index contributed by atoms with van der Waals surface area (Å²) in [5.41, 5.74) is 3.03. The molecule has 2 aliphatic rings. The molecule has 12 nitrogen and oxygen atoms in total. The summed E-state index contributed by atoms with van der Waals surface area (Å²) in [6.45, 7) is 10.8. The first-order valence-corrected chi connectivity index (χ1v) is 19.1. The van der Waals surface area contributed by atoms with Crippen molar-refractivity contribution in [2.24, 2.45) is 17.8 Å². The zero-order valence-corrected chi connectivity index (χ0v) is 33.1. The molecule has 0 saturated carbocycles. The van der Waals surface area contributed by atoms with Crippen LogP contribution in [0.5, 0.6) is 11.5 Å². The van der Waals surface area contributed by atoms with Gasteiger partial charge in [0.1, 0.15) is 6.04 Å². The number of carbonyl (C=O) groups is 4. The number of methoxy groups -OCH3 is 1. The van der Waals surface area contributed by atoms with Crippen LogP contribution in [0, 0.1) is 17.8 Å². The molecule has 4 atom stereocenters. The van der Waals surface area contributed by atoms with Gasteiger partial charge in [0.05, 0.1) is 32.2 Å². The van der Waals surface area contributed by atoms with Gasteiger partial charge in [-0.25, -0.2) is 4.79 Å². The minimum Gasteiger partial charge on any atom is -0.493 e. The van der Waals surface area contributed by atoms with E-state index in [9.17, 15) is 24.3 Å². The summed E-state index contributed by atoms with van der Waals surface area (Å²) in [4.78, 5) is 59.3. The summed E-state index contributed by atoms with van der Waals surface area (Å²) >= 11 is 6.12. The standard InChI is InChI=1S/C33H39ClN4O7.C7H8O.C2H6/c1-5-26(33(42)43)36-31(40)25-17-37(30(39)11-20-13-35-27-12-22(34)7-8-23(20)27)14-21-15-38(16-24(21)25)32(41)19-6-9-28(45-18(2)3)29(10-19)44-4;8-6-7-4-2-1-3-5-7;1-2/h6-10,12-13,18,21,24-26,35H,5,11,14-17H2,1-4H3,(H,36,40)(H,42,43);1-5,8H,6H2;1-2H3. The molecule has 1 aromatic heterocycles. The molecule has 0 spiro atoms. The van der Waals surface area contributed by atoms with E-state index >= 15 is 0 Å². The van der Waals surface area contributed by atoms with E-state index in [0.717, 1.165) is 22.0 Å². The lowest BCUT2D eigenvalue weighted by atomic mass is 9.79. The number of piperidine rings is 1. The maximum atomic E-state index is 13.7. The molecule has 2 saturated heterocycles. The molecule has 296 valence electrons. The van der Waals surface area contributed by atoms with E-state index in [1.807, 2.05) is 64.1 Å². The molecule has 4 aromatic rings. The minimum absolute atomic E-state index is 0.0706. The maximum absolute atomic E-state index is 13.7. The number of aliphatic hydroxyl groups excluding tert-OH is 1. The number of nitrogens with zero attached hydrogens (tertiary/aromatic N) is 2. The second-order valence-corrected chi connectivity index (χ2v) is 14.1. The van der Waals surface area contributed by atoms with Crippen LogP contribution in [0.3, 0.4) is 0 Å². The third-order valence-electron chi connectivity index (χ3n) is 9.75. The number of amides is 3. The summed E-state index contributed by atoms with van der Waals surface area (Å²) in [5.74, 6) is -2.03. The van der Waals surface area contributed by atoms with E-state index in [1.165, 1.54) is 7.11 Å². The molecule has 2 aliphatic heterocycles. The number of hydrogen-bond acceptors (Lipinski definition) is 7. The molecule has 6 rings (SSSR count). The molecule has 0 bridgehead atoms. The number of fused-ring (bicyclic) bond motifs is 2. The SMILES string of the molecule is CC.CCC(NC(=O)C1CN(C(=O)Cc2c[nH]c3cc(Cl)ccc23)CC2CN(C(=O)c3ccc(OC(C)C)c(OC)c3)CC21)C(=O)O.OCc1ccccc1. The molecule has 2 fully saturated rings. The maximum Gasteiger partial charge on any atom is 0.326 e. The van der Waals surface area contributed by atoms with Gasteiger partial charge in [-0.05, 0) is 73.6 Å². The van der Waals surface area contributed by atoms with Crippen LogP contribution in [0.2, 0.25) is 5.02 Å². The van der Waals surface area contributed by atoms with Gasteiger partial charge < -0.3 is 39.8 Å². The molecular weight excluding hydrogens is 724 g/mol. The number of carboxylic acids is 1. The number of halogens is 1. The number of rotatable bonds is 11. The van der Waals surface area contributed by atoms with Crippen LogP contribution >= 0.6 is 11.6 Å². The first-order valence-electron chi connectivity index (χ1n) is 18.8. The highest BCUT2D eigenvalue weighted by Crippen LogP contribution is 2.38. The van der Waals surface area contributed by atoms with Crippen molar-refractivity contribution in [1.82, 2.24) is 20.1 Å². The van der Waals surface area contributed by atoms with Crippen LogP contribution in [-0.4, -0.2) is 94.1 Å². The molecule has 3 aromatic carbocycles. The second-order valence-electron chi connectivity index (χ2n) is 13.7. The van der Waals surface area contributed by atoms with Crippen LogP contribution in [0.25, 0.3) is 10.9 Å². The first kappa shape index (κ1) is 42.7. The van der Waals surface area contributed by atoms with Gasteiger partial charge in [0, 0.05) is 53.9 Å². The summed E-state index contributed by atoms with van der Waals surface area (Å²) in [5, 5.41) is 22.3. The average Bonchev–Trinajstić information content (AvgIpc) is 3.81. The fourth-order valence-electron chi connectivity index (χ4n) is 7.04. The summed E-state index contributed by atoms with van der Waals surface area (Å²) in [6.07, 6.45) is 2.06. The number of aliphatic hydroxyl groups is 1. The smallest absolute Gasteiger partial charge is 0.326 e. The summed E-state index contributed by atoms with van der Waals surface area (Å²) in [6, 6.07) is 19.0. The number of aromatic nitrogens is 1. The van der Waals surface area contributed by atoms with Crippen LogP contribution in [-0.2, 0) is 27.4 Å². The van der Waals surface area contributed by atoms with Crippen molar-refractivity contribution in [2.45, 2.75) is 66.2 Å². The largest absolute Gasteiger partial charge is 0.493 e. The zero-order chi connectivity index (χ0) is 40.2. The Morgan fingerprint density at radius 2 is 1.65 bits per heavy atom. The number of carboxylic acid groups (broad SMARTS) is 1. The Kier molecular flexibility index (Phi) is 15.5. The van der Waals surface area contributed by atoms with Gasteiger partial charge in [-0.15, -0.1) is 0 Å². The Labute approximate surface area is 327 Å². The van der Waals surface area contributed by atoms with E-state index in [4.69, 9.17) is 26.2 Å². The Balaban J connectivity index is 0.000000590. The van der Waals surface area contributed by atoms with Crippen LogP contribution in [0.15, 0.2) is 72.9 Å². The van der Waals surface area contributed by atoms with E-state index < -0.39 is 23.8 Å². The molecule has 4 unspecified atom stereocenters. The monoisotopic (exact) mass is 776 g/mol. The van der Waals surface area contributed by atoms with Crippen LogP contribution in [0.4, 0.5) is 0 Å². The lowest BCUT2D eigenvalue weighted by Crippen LogP contribution is -2.55. The van der Waals surface area contributed by atoms with Gasteiger partial charge in [-0.2, -0.15) is 0 Å².